The van der Waals surface area contributed by atoms with E-state index in [1.54, 1.807) is 18.2 Å². The van der Waals surface area contributed by atoms with Crippen LogP contribution >= 0.6 is 23.2 Å². The first-order valence-corrected chi connectivity index (χ1v) is 12.0. The number of rotatable bonds is 11. The number of hydrogen-bond donors (Lipinski definition) is 3. The van der Waals surface area contributed by atoms with Gasteiger partial charge in [0.1, 0.15) is 5.76 Å². The average molecular weight is 507 g/mol. The number of carboxylic acid groups (broad SMARTS) is 1. The molecule has 3 N–H and O–H groups in total. The number of Topliss-reactive ketones (excluding diaryl/α,β-unsaturated/α-hetero) is 1. The molecule has 2 aromatic rings. The number of ketones is 1. The summed E-state index contributed by atoms with van der Waals surface area (Å²) in [5.41, 5.74) is 2.65. The highest BCUT2D eigenvalue weighted by Crippen LogP contribution is 2.31. The van der Waals surface area contributed by atoms with Crippen molar-refractivity contribution in [3.8, 4) is 0 Å². The lowest BCUT2D eigenvalue weighted by Crippen LogP contribution is -2.24. The summed E-state index contributed by atoms with van der Waals surface area (Å²) >= 11 is 12.2. The molecule has 0 unspecified atom stereocenters. The average Bonchev–Trinajstić information content (AvgIpc) is 3.04. The number of aliphatic carboxylic acids is 1. The number of amides is 1. The van der Waals surface area contributed by atoms with Gasteiger partial charge in [0, 0.05) is 64.9 Å². The molecule has 0 saturated carbocycles. The predicted molar refractivity (Wildman–Crippen MR) is 132 cm³/mol. The fraction of sp³-hybridized carbons (Fsp3) is 0.400. The molecule has 0 aliphatic heterocycles. The quantitative estimate of drug-likeness (QED) is 0.264. The molecule has 0 radical (unpaired) electrons. The Morgan fingerprint density at radius 3 is 2.56 bits per heavy atom. The summed E-state index contributed by atoms with van der Waals surface area (Å²) in [4.78, 5) is 36.2. The van der Waals surface area contributed by atoms with E-state index < -0.39 is 5.97 Å². The van der Waals surface area contributed by atoms with Crippen LogP contribution in [0.4, 0.5) is 0 Å². The number of allylic oxidation sites excluding steroid dienone is 3. The maximum Gasteiger partial charge on any atom is 0.303 e. The first-order valence-electron chi connectivity index (χ1n) is 11.3. The van der Waals surface area contributed by atoms with Crippen molar-refractivity contribution in [1.29, 1.82) is 0 Å². The van der Waals surface area contributed by atoms with Crippen LogP contribution in [0, 0.1) is 0 Å². The molecule has 182 valence electrons. The lowest BCUT2D eigenvalue weighted by molar-refractivity contribution is -0.137. The minimum absolute atomic E-state index is 0.0614. The molecule has 1 aromatic heterocycles. The number of nitrogens with zero attached hydrogens (tertiary/aromatic N) is 1. The SMILES string of the molecule is Cn1c(CCCCC(=O)NC2=C(O)CCC(Cl)=C2)c(C(=O)CCCC(=O)O)c2cc(Cl)ccc21. The highest BCUT2D eigenvalue weighted by atomic mass is 35.5. The molecular weight excluding hydrogens is 479 g/mol. The van der Waals surface area contributed by atoms with Gasteiger partial charge in [0.15, 0.2) is 5.78 Å². The number of carbonyl (C=O) groups excluding carboxylic acids is 2. The van der Waals surface area contributed by atoms with Crippen molar-refractivity contribution in [2.45, 2.75) is 57.8 Å². The normalized spacial score (nSPS) is 13.8. The van der Waals surface area contributed by atoms with Crippen LogP contribution in [-0.4, -0.2) is 32.4 Å². The molecule has 1 aromatic carbocycles. The number of unbranched alkanes of at least 4 members (excludes halogenated alkanes) is 1. The Balaban J connectivity index is 1.68. The number of benzene rings is 1. The van der Waals surface area contributed by atoms with E-state index >= 15 is 0 Å². The number of aryl methyl sites for hydroxylation is 1. The van der Waals surface area contributed by atoms with Gasteiger partial charge in [0.05, 0.1) is 5.70 Å². The minimum atomic E-state index is -0.928. The summed E-state index contributed by atoms with van der Waals surface area (Å²) in [5, 5.41) is 23.4. The van der Waals surface area contributed by atoms with Gasteiger partial charge in [-0.1, -0.05) is 23.2 Å². The van der Waals surface area contributed by atoms with Gasteiger partial charge in [0.25, 0.3) is 0 Å². The van der Waals surface area contributed by atoms with Crippen molar-refractivity contribution in [2.24, 2.45) is 7.05 Å². The summed E-state index contributed by atoms with van der Waals surface area (Å²) < 4.78 is 1.97. The number of nitrogens with one attached hydrogen (secondary N) is 1. The van der Waals surface area contributed by atoms with Gasteiger partial charge >= 0.3 is 5.97 Å². The molecule has 1 aliphatic rings. The number of aromatic nitrogens is 1. The highest BCUT2D eigenvalue weighted by molar-refractivity contribution is 6.31. The van der Waals surface area contributed by atoms with Crippen LogP contribution in [0.5, 0.6) is 0 Å². The molecular formula is C25H28Cl2N2O5. The summed E-state index contributed by atoms with van der Waals surface area (Å²) in [6.45, 7) is 0. The van der Waals surface area contributed by atoms with E-state index in [9.17, 15) is 19.5 Å². The Labute approximate surface area is 208 Å². The van der Waals surface area contributed by atoms with Crippen molar-refractivity contribution in [3.05, 3.63) is 57.0 Å². The largest absolute Gasteiger partial charge is 0.510 e. The van der Waals surface area contributed by atoms with Crippen LogP contribution in [0.1, 0.15) is 67.4 Å². The Hall–Kier alpha value is -2.77. The molecule has 0 saturated heterocycles. The van der Waals surface area contributed by atoms with Gasteiger partial charge in [-0.2, -0.15) is 0 Å². The van der Waals surface area contributed by atoms with E-state index in [2.05, 4.69) is 5.32 Å². The van der Waals surface area contributed by atoms with E-state index in [1.807, 2.05) is 17.7 Å². The molecule has 0 spiro atoms. The molecule has 3 rings (SSSR count). The number of halogens is 2. The summed E-state index contributed by atoms with van der Waals surface area (Å²) in [6, 6.07) is 5.40. The van der Waals surface area contributed by atoms with Crippen molar-refractivity contribution >= 4 is 51.8 Å². The lowest BCUT2D eigenvalue weighted by atomic mass is 9.99. The van der Waals surface area contributed by atoms with Crippen molar-refractivity contribution in [1.82, 2.24) is 9.88 Å². The second-order valence-electron chi connectivity index (χ2n) is 8.42. The Morgan fingerprint density at radius 2 is 1.82 bits per heavy atom. The van der Waals surface area contributed by atoms with Crippen LogP contribution in [0.15, 0.2) is 40.8 Å². The summed E-state index contributed by atoms with van der Waals surface area (Å²) in [7, 11) is 1.89. The number of carboxylic acids is 1. The number of aliphatic hydroxyl groups excluding tert-OH is 1. The predicted octanol–water partition coefficient (Wildman–Crippen LogP) is 5.78. The summed E-state index contributed by atoms with van der Waals surface area (Å²) in [5.74, 6) is -1.12. The number of fused-ring (bicyclic) bond motifs is 1. The molecule has 0 fully saturated rings. The number of aliphatic hydroxyl groups is 1. The zero-order valence-electron chi connectivity index (χ0n) is 19.0. The number of carbonyl (C=O) groups is 3. The van der Waals surface area contributed by atoms with Crippen LogP contribution in [0.3, 0.4) is 0 Å². The Morgan fingerprint density at radius 1 is 1.06 bits per heavy atom. The molecule has 7 nitrogen and oxygen atoms in total. The van der Waals surface area contributed by atoms with E-state index in [4.69, 9.17) is 28.3 Å². The maximum atomic E-state index is 13.0. The van der Waals surface area contributed by atoms with Crippen molar-refractivity contribution in [2.75, 3.05) is 0 Å². The molecule has 0 atom stereocenters. The fourth-order valence-electron chi connectivity index (χ4n) is 4.18. The third kappa shape index (κ3) is 6.42. The molecule has 9 heteroatoms. The molecule has 0 bridgehead atoms. The van der Waals surface area contributed by atoms with Gasteiger partial charge < -0.3 is 20.1 Å². The minimum Gasteiger partial charge on any atom is -0.510 e. The third-order valence-electron chi connectivity index (χ3n) is 5.91. The zero-order chi connectivity index (χ0) is 24.8. The maximum absolute atomic E-state index is 13.0. The van der Waals surface area contributed by atoms with Gasteiger partial charge in [-0.05, 0) is 56.4 Å². The van der Waals surface area contributed by atoms with Crippen LogP contribution in [-0.2, 0) is 23.1 Å². The first kappa shape index (κ1) is 25.8. The van der Waals surface area contributed by atoms with E-state index in [1.165, 1.54) is 0 Å². The smallest absolute Gasteiger partial charge is 0.303 e. The zero-order valence-corrected chi connectivity index (χ0v) is 20.5. The van der Waals surface area contributed by atoms with E-state index in [0.717, 1.165) is 16.6 Å². The van der Waals surface area contributed by atoms with Gasteiger partial charge in [-0.3, -0.25) is 14.4 Å². The third-order valence-corrected chi connectivity index (χ3v) is 6.44. The molecule has 1 heterocycles. The standard InChI is InChI=1S/C25H28Cl2N2O5/c1-29-19-11-9-15(26)13-17(19)25(22(31)6-4-8-24(33)34)20(29)5-2-3-7-23(32)28-18-14-16(27)10-12-21(18)30/h9,11,13-14,30H,2-8,10,12H2,1H3,(H,28,32)(H,33,34). The Kier molecular flexibility index (Phi) is 8.80. The number of hydrogen-bond acceptors (Lipinski definition) is 4. The van der Waals surface area contributed by atoms with Crippen molar-refractivity contribution < 1.29 is 24.6 Å². The Bertz CT molecular complexity index is 1180. The van der Waals surface area contributed by atoms with Gasteiger partial charge in [-0.15, -0.1) is 0 Å². The molecule has 1 amide bonds. The van der Waals surface area contributed by atoms with E-state index in [0.29, 0.717) is 53.4 Å². The van der Waals surface area contributed by atoms with Crippen molar-refractivity contribution in [3.63, 3.8) is 0 Å². The topological polar surface area (TPSA) is 109 Å². The van der Waals surface area contributed by atoms with E-state index in [-0.39, 0.29) is 43.1 Å². The fourth-order valence-corrected chi connectivity index (χ4v) is 4.56. The second-order valence-corrected chi connectivity index (χ2v) is 9.34. The monoisotopic (exact) mass is 506 g/mol. The van der Waals surface area contributed by atoms with Crippen LogP contribution in [0.25, 0.3) is 10.9 Å². The van der Waals surface area contributed by atoms with Crippen LogP contribution in [0.2, 0.25) is 5.02 Å². The first-order chi connectivity index (χ1) is 16.2. The highest BCUT2D eigenvalue weighted by Gasteiger charge is 2.21. The van der Waals surface area contributed by atoms with Gasteiger partial charge in [0.2, 0.25) is 5.91 Å². The summed E-state index contributed by atoms with van der Waals surface area (Å²) in [6.07, 6.45) is 4.98. The second kappa shape index (κ2) is 11.6. The molecule has 34 heavy (non-hydrogen) atoms. The molecule has 1 aliphatic carbocycles. The van der Waals surface area contributed by atoms with Crippen LogP contribution < -0.4 is 5.32 Å². The lowest BCUT2D eigenvalue weighted by Gasteiger charge is -2.14. The van der Waals surface area contributed by atoms with Gasteiger partial charge in [-0.25, -0.2) is 0 Å².